The second-order valence-corrected chi connectivity index (χ2v) is 5.47. The number of esters is 1. The van der Waals surface area contributed by atoms with Crippen molar-refractivity contribution >= 4 is 29.2 Å². The number of carbonyl (C=O) groups is 1. The van der Waals surface area contributed by atoms with Crippen molar-refractivity contribution in [2.75, 3.05) is 0 Å². The number of benzene rings is 1. The monoisotopic (exact) mass is 260 g/mol. The Morgan fingerprint density at radius 3 is 2.00 bits per heavy atom. The summed E-state index contributed by atoms with van der Waals surface area (Å²) in [6.45, 7) is 7.16. The highest BCUT2D eigenvalue weighted by Gasteiger charge is 2.24. The van der Waals surface area contributed by atoms with Gasteiger partial charge in [-0.1, -0.05) is 23.2 Å². The molecule has 0 radical (unpaired) electrons. The lowest BCUT2D eigenvalue weighted by molar-refractivity contribution is -0.142. The molecule has 0 aliphatic rings. The molecule has 0 fully saturated rings. The second kappa shape index (κ2) is 4.64. The smallest absolute Gasteiger partial charge is 0.316 e. The van der Waals surface area contributed by atoms with Crippen LogP contribution in [0.2, 0.25) is 10.0 Å². The molecule has 1 rings (SSSR count). The first-order valence-electron chi connectivity index (χ1n) is 4.90. The van der Waals surface area contributed by atoms with Crippen molar-refractivity contribution in [3.8, 4) is 5.75 Å². The molecule has 0 amide bonds. The van der Waals surface area contributed by atoms with E-state index in [0.717, 1.165) is 5.56 Å². The van der Waals surface area contributed by atoms with Crippen LogP contribution in [0.5, 0.6) is 5.75 Å². The maximum Gasteiger partial charge on any atom is 0.316 e. The van der Waals surface area contributed by atoms with Gasteiger partial charge in [-0.25, -0.2) is 0 Å². The fourth-order valence-electron chi connectivity index (χ4n) is 0.941. The van der Waals surface area contributed by atoms with Crippen LogP contribution in [0.15, 0.2) is 12.1 Å². The van der Waals surface area contributed by atoms with Gasteiger partial charge in [0.25, 0.3) is 0 Å². The summed E-state index contributed by atoms with van der Waals surface area (Å²) in [4.78, 5) is 11.6. The lowest BCUT2D eigenvalue weighted by Crippen LogP contribution is -2.25. The lowest BCUT2D eigenvalue weighted by atomic mass is 9.97. The quantitative estimate of drug-likeness (QED) is 0.558. The zero-order chi connectivity index (χ0) is 12.5. The molecule has 0 bridgehead atoms. The number of hydrogen-bond donors (Lipinski definition) is 0. The second-order valence-electron chi connectivity index (χ2n) is 4.65. The lowest BCUT2D eigenvalue weighted by Gasteiger charge is -2.16. The Hall–Kier alpha value is -0.730. The Kier molecular flexibility index (Phi) is 3.87. The van der Waals surface area contributed by atoms with E-state index in [0.29, 0.717) is 15.8 Å². The molecule has 0 aromatic heterocycles. The molecule has 1 aromatic carbocycles. The minimum atomic E-state index is -0.552. The van der Waals surface area contributed by atoms with E-state index >= 15 is 0 Å². The van der Waals surface area contributed by atoms with Gasteiger partial charge in [0.15, 0.2) is 0 Å². The fraction of sp³-hybridized carbons (Fsp3) is 0.417. The molecule has 0 aliphatic heterocycles. The van der Waals surface area contributed by atoms with Crippen LogP contribution in [0.25, 0.3) is 0 Å². The normalized spacial score (nSPS) is 11.4. The Labute approximate surface area is 106 Å². The summed E-state index contributed by atoms with van der Waals surface area (Å²) < 4.78 is 5.19. The molecular formula is C12H14Cl2O2. The van der Waals surface area contributed by atoms with Crippen LogP contribution in [-0.4, -0.2) is 5.97 Å². The molecule has 4 heteroatoms. The highest BCUT2D eigenvalue weighted by atomic mass is 35.5. The highest BCUT2D eigenvalue weighted by molar-refractivity contribution is 6.36. The Morgan fingerprint density at radius 1 is 1.19 bits per heavy atom. The van der Waals surface area contributed by atoms with Crippen LogP contribution in [0.3, 0.4) is 0 Å². The van der Waals surface area contributed by atoms with Crippen LogP contribution < -0.4 is 4.74 Å². The fourth-order valence-corrected chi connectivity index (χ4v) is 1.41. The summed E-state index contributed by atoms with van der Waals surface area (Å²) in [7, 11) is 0. The molecule has 0 heterocycles. The highest BCUT2D eigenvalue weighted by Crippen LogP contribution is 2.30. The average molecular weight is 261 g/mol. The molecule has 88 valence electrons. The van der Waals surface area contributed by atoms with Crippen LogP contribution in [0, 0.1) is 12.3 Å². The summed E-state index contributed by atoms with van der Waals surface area (Å²) in [6, 6.07) is 3.18. The summed E-state index contributed by atoms with van der Waals surface area (Å²) in [6.07, 6.45) is 0. The minimum Gasteiger partial charge on any atom is -0.426 e. The first-order chi connectivity index (χ1) is 7.21. The van der Waals surface area contributed by atoms with Crippen molar-refractivity contribution in [2.45, 2.75) is 27.7 Å². The third-order valence-corrected chi connectivity index (χ3v) is 2.86. The molecule has 0 saturated carbocycles. The van der Waals surface area contributed by atoms with E-state index in [-0.39, 0.29) is 5.97 Å². The van der Waals surface area contributed by atoms with Gasteiger partial charge in [-0.15, -0.1) is 0 Å². The molecule has 0 N–H and O–H groups in total. The number of hydrogen-bond acceptors (Lipinski definition) is 2. The van der Waals surface area contributed by atoms with Gasteiger partial charge in [0.1, 0.15) is 5.75 Å². The van der Waals surface area contributed by atoms with E-state index in [1.807, 2.05) is 0 Å². The summed E-state index contributed by atoms with van der Waals surface area (Å²) in [5, 5.41) is 0.980. The van der Waals surface area contributed by atoms with Gasteiger partial charge < -0.3 is 4.74 Å². The molecular weight excluding hydrogens is 247 g/mol. The zero-order valence-electron chi connectivity index (χ0n) is 9.73. The van der Waals surface area contributed by atoms with Gasteiger partial charge >= 0.3 is 5.97 Å². The topological polar surface area (TPSA) is 26.3 Å². The van der Waals surface area contributed by atoms with E-state index in [2.05, 4.69) is 0 Å². The van der Waals surface area contributed by atoms with Crippen molar-refractivity contribution in [3.63, 3.8) is 0 Å². The summed E-state index contributed by atoms with van der Waals surface area (Å²) in [5.74, 6) is 0.0593. The maximum atomic E-state index is 11.6. The molecule has 1 aromatic rings. The van der Waals surface area contributed by atoms with Crippen molar-refractivity contribution in [1.82, 2.24) is 0 Å². The Balaban J connectivity index is 2.96. The van der Waals surface area contributed by atoms with E-state index < -0.39 is 5.41 Å². The summed E-state index contributed by atoms with van der Waals surface area (Å²) in [5.41, 5.74) is 0.225. The first kappa shape index (κ1) is 13.3. The van der Waals surface area contributed by atoms with Crippen molar-refractivity contribution in [1.29, 1.82) is 0 Å². The summed E-state index contributed by atoms with van der Waals surface area (Å²) >= 11 is 11.9. The Morgan fingerprint density at radius 2 is 1.62 bits per heavy atom. The number of halogens is 2. The average Bonchev–Trinajstić information content (AvgIpc) is 2.12. The first-order valence-corrected chi connectivity index (χ1v) is 5.65. The van der Waals surface area contributed by atoms with Crippen molar-refractivity contribution < 1.29 is 9.53 Å². The Bertz CT molecular complexity index is 397. The molecule has 2 nitrogen and oxygen atoms in total. The molecule has 0 saturated heterocycles. The van der Waals surface area contributed by atoms with Crippen molar-refractivity contribution in [3.05, 3.63) is 27.7 Å². The van der Waals surface area contributed by atoms with Crippen LogP contribution in [-0.2, 0) is 4.79 Å². The van der Waals surface area contributed by atoms with Gasteiger partial charge in [-0.2, -0.15) is 0 Å². The van der Waals surface area contributed by atoms with E-state index in [1.165, 1.54) is 0 Å². The van der Waals surface area contributed by atoms with Gasteiger partial charge in [0, 0.05) is 10.0 Å². The standard InChI is InChI=1S/C12H14Cl2O2/c1-7-9(13)5-8(6-10(7)14)16-11(15)12(2,3)4/h5-6H,1-4H3. The van der Waals surface area contributed by atoms with Crippen LogP contribution >= 0.6 is 23.2 Å². The van der Waals surface area contributed by atoms with E-state index in [4.69, 9.17) is 27.9 Å². The zero-order valence-corrected chi connectivity index (χ0v) is 11.2. The third kappa shape index (κ3) is 3.13. The van der Waals surface area contributed by atoms with Crippen LogP contribution in [0.1, 0.15) is 26.3 Å². The van der Waals surface area contributed by atoms with Gasteiger partial charge in [0.05, 0.1) is 5.41 Å². The van der Waals surface area contributed by atoms with Crippen LogP contribution in [0.4, 0.5) is 0 Å². The maximum absolute atomic E-state index is 11.6. The third-order valence-electron chi connectivity index (χ3n) is 2.08. The van der Waals surface area contributed by atoms with E-state index in [9.17, 15) is 4.79 Å². The van der Waals surface area contributed by atoms with Crippen molar-refractivity contribution in [2.24, 2.45) is 5.41 Å². The number of rotatable bonds is 1. The largest absolute Gasteiger partial charge is 0.426 e. The molecule has 0 atom stereocenters. The predicted octanol–water partition coefficient (Wildman–Crippen LogP) is 4.25. The SMILES string of the molecule is Cc1c(Cl)cc(OC(=O)C(C)(C)C)cc1Cl. The predicted molar refractivity (Wildman–Crippen MR) is 66.3 cm³/mol. The number of carbonyl (C=O) groups excluding carboxylic acids is 1. The molecule has 0 aliphatic carbocycles. The van der Waals surface area contributed by atoms with Gasteiger partial charge in [0.2, 0.25) is 0 Å². The molecule has 16 heavy (non-hydrogen) atoms. The molecule has 0 spiro atoms. The molecule has 0 unspecified atom stereocenters. The van der Waals surface area contributed by atoms with E-state index in [1.54, 1.807) is 39.8 Å². The van der Waals surface area contributed by atoms with Gasteiger partial charge in [-0.3, -0.25) is 4.79 Å². The van der Waals surface area contributed by atoms with Gasteiger partial charge in [-0.05, 0) is 45.4 Å². The number of ether oxygens (including phenoxy) is 1. The minimum absolute atomic E-state index is 0.316.